The minimum absolute atomic E-state index is 0.600. The molecule has 0 aromatic carbocycles. The van der Waals surface area contributed by atoms with Crippen LogP contribution in [0.15, 0.2) is 22.7 Å². The fraction of sp³-hybridized carbons (Fsp3) is 0.375. The Bertz CT molecular complexity index is 452. The van der Waals surface area contributed by atoms with E-state index < -0.39 is 0 Å². The van der Waals surface area contributed by atoms with Crippen molar-refractivity contribution in [3.05, 3.63) is 18.0 Å². The van der Waals surface area contributed by atoms with Crippen LogP contribution in [0.2, 0.25) is 0 Å². The highest BCUT2D eigenvalue weighted by Crippen LogP contribution is 2.20. The van der Waals surface area contributed by atoms with Crippen LogP contribution in [0.25, 0.3) is 0 Å². The maximum absolute atomic E-state index is 5.44. The number of nitrogens with zero attached hydrogens (tertiary/aromatic N) is 6. The van der Waals surface area contributed by atoms with Crippen molar-refractivity contribution in [3.63, 3.8) is 0 Å². The minimum atomic E-state index is 0.600. The maximum atomic E-state index is 5.44. The van der Waals surface area contributed by atoms with E-state index in [2.05, 4.69) is 25.5 Å². The largest absolute Gasteiger partial charge is 0.330 e. The van der Waals surface area contributed by atoms with Gasteiger partial charge in [-0.15, -0.1) is 5.10 Å². The van der Waals surface area contributed by atoms with Gasteiger partial charge in [-0.05, 0) is 40.7 Å². The van der Waals surface area contributed by atoms with Gasteiger partial charge in [0.25, 0.3) is 0 Å². The van der Waals surface area contributed by atoms with Crippen LogP contribution in [0, 0.1) is 0 Å². The molecule has 0 radical (unpaired) electrons. The van der Waals surface area contributed by atoms with Gasteiger partial charge in [-0.2, -0.15) is 0 Å². The number of aryl methyl sites for hydroxylation is 1. The zero-order valence-corrected chi connectivity index (χ0v) is 9.55. The Labute approximate surface area is 96.5 Å². The third kappa shape index (κ3) is 2.52. The summed E-state index contributed by atoms with van der Waals surface area (Å²) in [6, 6.07) is 0. The molecule has 0 saturated heterocycles. The van der Waals surface area contributed by atoms with Crippen LogP contribution >= 0.6 is 11.8 Å². The van der Waals surface area contributed by atoms with Crippen molar-refractivity contribution in [2.75, 3.05) is 6.54 Å². The average Bonchev–Trinajstić information content (AvgIpc) is 2.68. The number of tetrazole rings is 1. The monoisotopic (exact) mass is 237 g/mol. The smallest absolute Gasteiger partial charge is 0.216 e. The molecule has 2 aromatic rings. The Morgan fingerprint density at radius 3 is 2.69 bits per heavy atom. The lowest BCUT2D eigenvalue weighted by atomic mass is 10.2. The first-order chi connectivity index (χ1) is 7.79. The average molecular weight is 237 g/mol. The van der Waals surface area contributed by atoms with Gasteiger partial charge in [0.2, 0.25) is 5.16 Å². The highest BCUT2D eigenvalue weighted by molar-refractivity contribution is 7.99. The molecule has 0 saturated carbocycles. The molecule has 0 fully saturated rings. The Balaban J connectivity index is 2.08. The summed E-state index contributed by atoms with van der Waals surface area (Å²) in [5.74, 6) is 0. The zero-order chi connectivity index (χ0) is 11.4. The van der Waals surface area contributed by atoms with E-state index in [-0.39, 0.29) is 0 Å². The summed E-state index contributed by atoms with van der Waals surface area (Å²) in [5, 5.41) is 12.4. The van der Waals surface area contributed by atoms with Gasteiger partial charge >= 0.3 is 0 Å². The van der Waals surface area contributed by atoms with Gasteiger partial charge in [0.05, 0.1) is 0 Å². The molecule has 0 bridgehead atoms. The molecule has 2 aromatic heterocycles. The second kappa shape index (κ2) is 4.99. The van der Waals surface area contributed by atoms with E-state index in [0.29, 0.717) is 16.9 Å². The first-order valence-electron chi connectivity index (χ1n) is 4.71. The molecule has 2 heterocycles. The fourth-order valence-electron chi connectivity index (χ4n) is 1.08. The Hall–Kier alpha value is -1.54. The van der Waals surface area contributed by atoms with Gasteiger partial charge in [-0.1, -0.05) is 0 Å². The van der Waals surface area contributed by atoms with Gasteiger partial charge < -0.3 is 5.73 Å². The third-order valence-corrected chi connectivity index (χ3v) is 2.80. The van der Waals surface area contributed by atoms with E-state index in [9.17, 15) is 0 Å². The summed E-state index contributed by atoms with van der Waals surface area (Å²) in [7, 11) is 1.77. The summed E-state index contributed by atoms with van der Waals surface area (Å²) in [4.78, 5) is 8.40. The lowest BCUT2D eigenvalue weighted by Gasteiger charge is -1.99. The molecule has 2 N–H and O–H groups in total. The van der Waals surface area contributed by atoms with Crippen molar-refractivity contribution in [3.8, 4) is 0 Å². The molecule has 0 aliphatic heterocycles. The molecule has 0 atom stereocenters. The van der Waals surface area contributed by atoms with Crippen LogP contribution in [0.4, 0.5) is 0 Å². The van der Waals surface area contributed by atoms with Crippen LogP contribution in [0.3, 0.4) is 0 Å². The molecule has 0 spiro atoms. The van der Waals surface area contributed by atoms with Crippen LogP contribution < -0.4 is 5.73 Å². The molecule has 0 unspecified atom stereocenters. The summed E-state index contributed by atoms with van der Waals surface area (Å²) in [6.45, 7) is 0.600. The summed E-state index contributed by atoms with van der Waals surface area (Å²) < 4.78 is 1.57. The van der Waals surface area contributed by atoms with E-state index in [1.54, 1.807) is 24.1 Å². The summed E-state index contributed by atoms with van der Waals surface area (Å²) in [5.41, 5.74) is 6.47. The molecule has 0 aliphatic rings. The number of hydrogen-bond donors (Lipinski definition) is 1. The van der Waals surface area contributed by atoms with E-state index in [1.165, 1.54) is 11.8 Å². The van der Waals surface area contributed by atoms with Crippen LogP contribution in [0.5, 0.6) is 0 Å². The van der Waals surface area contributed by atoms with Crippen molar-refractivity contribution < 1.29 is 0 Å². The molecule has 16 heavy (non-hydrogen) atoms. The van der Waals surface area contributed by atoms with Crippen LogP contribution in [0.1, 0.15) is 5.56 Å². The predicted molar refractivity (Wildman–Crippen MR) is 57.7 cm³/mol. The Morgan fingerprint density at radius 2 is 2.12 bits per heavy atom. The van der Waals surface area contributed by atoms with Gasteiger partial charge in [0.15, 0.2) is 5.16 Å². The summed E-state index contributed by atoms with van der Waals surface area (Å²) >= 11 is 1.32. The van der Waals surface area contributed by atoms with E-state index >= 15 is 0 Å². The van der Waals surface area contributed by atoms with Crippen molar-refractivity contribution in [2.45, 2.75) is 16.7 Å². The molecule has 0 amide bonds. The van der Waals surface area contributed by atoms with Crippen molar-refractivity contribution >= 4 is 11.8 Å². The number of nitrogens with two attached hydrogens (primary N) is 1. The zero-order valence-electron chi connectivity index (χ0n) is 8.74. The predicted octanol–water partition coefficient (Wildman–Crippen LogP) is -0.348. The van der Waals surface area contributed by atoms with Gasteiger partial charge in [-0.25, -0.2) is 14.6 Å². The molecule has 2 rings (SSSR count). The molecule has 8 heteroatoms. The molecular formula is C8H11N7S. The Kier molecular flexibility index (Phi) is 3.42. The van der Waals surface area contributed by atoms with Gasteiger partial charge in [-0.3, -0.25) is 0 Å². The third-order valence-electron chi connectivity index (χ3n) is 1.88. The van der Waals surface area contributed by atoms with Crippen molar-refractivity contribution in [1.82, 2.24) is 30.2 Å². The molecule has 84 valence electrons. The SMILES string of the molecule is Cn1nnnc1Sc1ncc(CCN)cn1. The van der Waals surface area contributed by atoms with Crippen LogP contribution in [-0.2, 0) is 13.5 Å². The second-order valence-corrected chi connectivity index (χ2v) is 4.03. The number of aromatic nitrogens is 6. The van der Waals surface area contributed by atoms with E-state index in [0.717, 1.165) is 12.0 Å². The second-order valence-electron chi connectivity index (χ2n) is 3.10. The van der Waals surface area contributed by atoms with E-state index in [4.69, 9.17) is 5.73 Å². The maximum Gasteiger partial charge on any atom is 0.216 e. The number of rotatable bonds is 4. The fourth-order valence-corrected chi connectivity index (χ4v) is 1.70. The molecule has 0 aliphatic carbocycles. The first-order valence-corrected chi connectivity index (χ1v) is 5.52. The van der Waals surface area contributed by atoms with Crippen molar-refractivity contribution in [1.29, 1.82) is 0 Å². The number of hydrogen-bond acceptors (Lipinski definition) is 7. The standard InChI is InChI=1S/C8H11N7S/c1-15-8(12-13-14-15)16-7-10-4-6(2-3-9)5-11-7/h4-5H,2-3,9H2,1H3. The highest BCUT2D eigenvalue weighted by Gasteiger charge is 2.06. The van der Waals surface area contributed by atoms with Gasteiger partial charge in [0.1, 0.15) is 0 Å². The molecule has 7 nitrogen and oxygen atoms in total. The quantitative estimate of drug-likeness (QED) is 0.726. The lowest BCUT2D eigenvalue weighted by molar-refractivity contribution is 0.663. The van der Waals surface area contributed by atoms with Crippen molar-refractivity contribution in [2.24, 2.45) is 12.8 Å². The molecular weight excluding hydrogens is 226 g/mol. The normalized spacial score (nSPS) is 10.6. The first kappa shape index (κ1) is 11.0. The highest BCUT2D eigenvalue weighted by atomic mass is 32.2. The summed E-state index contributed by atoms with van der Waals surface area (Å²) in [6.07, 6.45) is 4.33. The lowest BCUT2D eigenvalue weighted by Crippen LogP contribution is -2.03. The van der Waals surface area contributed by atoms with E-state index in [1.807, 2.05) is 0 Å². The minimum Gasteiger partial charge on any atom is -0.330 e. The Morgan fingerprint density at radius 1 is 1.38 bits per heavy atom. The van der Waals surface area contributed by atoms with Crippen LogP contribution in [-0.4, -0.2) is 36.7 Å². The van der Waals surface area contributed by atoms with Gasteiger partial charge in [0, 0.05) is 19.4 Å². The topological polar surface area (TPSA) is 95.4 Å².